The van der Waals surface area contributed by atoms with Gasteiger partial charge in [0.1, 0.15) is 0 Å². The summed E-state index contributed by atoms with van der Waals surface area (Å²) in [5, 5.41) is 2.58. The minimum atomic E-state index is -0.125. The molecule has 0 aromatic rings. The highest BCUT2D eigenvalue weighted by Crippen LogP contribution is 2.17. The standard InChI is InChI=1S/2C7H15NO.C7H17N.C6H12O2.2CH4/c1-7(2,3)5-6(9)8-4;1-6(2)5-7(9)8(3)4;1-7(2,3)6-8(4)5;1-5(2)4-6(7)8-3;;/h5H2,1-4H3,(H,8,9);6H,5H2,1-4H3;6H2,1-5H3;5H,4H2,1-3H3;2*1H4. The van der Waals surface area contributed by atoms with E-state index in [1.54, 1.807) is 26.0 Å². The first-order valence-electron chi connectivity index (χ1n) is 12.2. The Morgan fingerprint density at radius 1 is 0.778 bits per heavy atom. The third-order valence-electron chi connectivity index (χ3n) is 3.64. The second kappa shape index (κ2) is 25.0. The number of nitrogens with zero attached hydrogens (tertiary/aromatic N) is 2. The molecule has 7 heteroatoms. The molecule has 0 heterocycles. The Kier molecular flexibility index (Phi) is 33.1. The maximum atomic E-state index is 10.9. The summed E-state index contributed by atoms with van der Waals surface area (Å²) >= 11 is 0. The highest BCUT2D eigenvalue weighted by molar-refractivity contribution is 5.76. The van der Waals surface area contributed by atoms with Crippen molar-refractivity contribution >= 4 is 17.8 Å². The molecule has 0 unspecified atom stereocenters. The lowest BCUT2D eigenvalue weighted by atomic mass is 9.92. The maximum Gasteiger partial charge on any atom is 0.305 e. The summed E-state index contributed by atoms with van der Waals surface area (Å²) in [4.78, 5) is 35.8. The van der Waals surface area contributed by atoms with E-state index in [-0.39, 0.29) is 38.1 Å². The summed E-state index contributed by atoms with van der Waals surface area (Å²) < 4.78 is 4.42. The van der Waals surface area contributed by atoms with Gasteiger partial charge in [-0.25, -0.2) is 0 Å². The first-order chi connectivity index (χ1) is 15.1. The monoisotopic (exact) mass is 522 g/mol. The van der Waals surface area contributed by atoms with Crippen molar-refractivity contribution in [2.45, 2.75) is 103 Å². The van der Waals surface area contributed by atoms with Gasteiger partial charge in [-0.2, -0.15) is 0 Å². The van der Waals surface area contributed by atoms with Crippen LogP contribution in [0, 0.1) is 22.7 Å². The van der Waals surface area contributed by atoms with Crippen LogP contribution in [0.4, 0.5) is 0 Å². The van der Waals surface area contributed by atoms with Crippen LogP contribution in [0.15, 0.2) is 0 Å². The Bertz CT molecular complexity index is 530. The fourth-order valence-corrected chi connectivity index (χ4v) is 2.47. The topological polar surface area (TPSA) is 79.0 Å². The summed E-state index contributed by atoms with van der Waals surface area (Å²) in [5.41, 5.74) is 0.559. The van der Waals surface area contributed by atoms with Gasteiger partial charge >= 0.3 is 5.97 Å². The number of rotatable bonds is 6. The lowest BCUT2D eigenvalue weighted by Crippen LogP contribution is -2.25. The Hall–Kier alpha value is -1.63. The number of carbonyl (C=O) groups excluding carboxylic acids is 3. The third-order valence-corrected chi connectivity index (χ3v) is 3.64. The summed E-state index contributed by atoms with van der Waals surface area (Å²) in [6.45, 7) is 22.1. The fraction of sp³-hybridized carbons (Fsp3) is 0.897. The Morgan fingerprint density at radius 2 is 1.17 bits per heavy atom. The number of ether oxygens (including phenoxy) is 1. The van der Waals surface area contributed by atoms with E-state index in [0.717, 1.165) is 6.54 Å². The zero-order valence-electron chi connectivity index (χ0n) is 25.5. The summed E-state index contributed by atoms with van der Waals surface area (Å²) in [6.07, 6.45) is 1.78. The number of esters is 1. The minimum Gasteiger partial charge on any atom is -0.469 e. The zero-order valence-corrected chi connectivity index (χ0v) is 25.5. The van der Waals surface area contributed by atoms with E-state index in [4.69, 9.17) is 0 Å². The van der Waals surface area contributed by atoms with Crippen LogP contribution >= 0.6 is 0 Å². The molecule has 0 radical (unpaired) electrons. The van der Waals surface area contributed by atoms with E-state index < -0.39 is 0 Å². The van der Waals surface area contributed by atoms with Gasteiger partial charge in [-0.05, 0) is 36.8 Å². The molecule has 0 bridgehead atoms. The first kappa shape index (κ1) is 47.6. The smallest absolute Gasteiger partial charge is 0.305 e. The third kappa shape index (κ3) is 53.6. The SMILES string of the molecule is C.C.CC(C)CC(=O)N(C)C.CN(C)CC(C)(C)C.CNC(=O)CC(C)(C)C.COC(=O)CC(C)C. The van der Waals surface area contributed by atoms with Crippen molar-refractivity contribution in [1.82, 2.24) is 15.1 Å². The van der Waals surface area contributed by atoms with Crippen LogP contribution in [-0.2, 0) is 19.1 Å². The average molecular weight is 522 g/mol. The lowest BCUT2D eigenvalue weighted by Gasteiger charge is -2.22. The summed E-state index contributed by atoms with van der Waals surface area (Å²) in [7, 11) is 10.8. The Morgan fingerprint density at radius 3 is 1.25 bits per heavy atom. The summed E-state index contributed by atoms with van der Waals surface area (Å²) in [6, 6.07) is 0. The normalized spacial score (nSPS) is 10.2. The van der Waals surface area contributed by atoms with Gasteiger partial charge in [-0.3, -0.25) is 14.4 Å². The second-order valence-corrected chi connectivity index (χ2v) is 12.3. The molecule has 36 heavy (non-hydrogen) atoms. The number of nitrogens with one attached hydrogen (secondary N) is 1. The highest BCUT2D eigenvalue weighted by atomic mass is 16.5. The van der Waals surface area contributed by atoms with Crippen LogP contribution < -0.4 is 5.32 Å². The molecule has 7 nitrogen and oxygen atoms in total. The van der Waals surface area contributed by atoms with Crippen LogP contribution in [0.1, 0.15) is 103 Å². The largest absolute Gasteiger partial charge is 0.469 e. The predicted octanol–water partition coefficient (Wildman–Crippen LogP) is 6.36. The minimum absolute atomic E-state index is 0. The Balaban J connectivity index is -0.0000000819. The van der Waals surface area contributed by atoms with Gasteiger partial charge < -0.3 is 19.9 Å². The average Bonchev–Trinajstić information content (AvgIpc) is 2.58. The molecule has 0 saturated carbocycles. The van der Waals surface area contributed by atoms with E-state index in [1.165, 1.54) is 7.11 Å². The highest BCUT2D eigenvalue weighted by Gasteiger charge is 2.14. The molecule has 0 saturated heterocycles. The lowest BCUT2D eigenvalue weighted by molar-refractivity contribution is -0.141. The van der Waals surface area contributed by atoms with Gasteiger partial charge in [0.05, 0.1) is 7.11 Å². The number of hydrogen-bond acceptors (Lipinski definition) is 5. The van der Waals surface area contributed by atoms with Crippen LogP contribution in [0.3, 0.4) is 0 Å². The summed E-state index contributed by atoms with van der Waals surface area (Å²) in [5.74, 6) is 1.08. The van der Waals surface area contributed by atoms with Crippen molar-refractivity contribution in [3.8, 4) is 0 Å². The van der Waals surface area contributed by atoms with E-state index in [2.05, 4.69) is 49.8 Å². The Labute approximate surface area is 227 Å². The second-order valence-electron chi connectivity index (χ2n) is 12.3. The van der Waals surface area contributed by atoms with E-state index in [1.807, 2.05) is 48.5 Å². The van der Waals surface area contributed by atoms with E-state index in [9.17, 15) is 14.4 Å². The number of methoxy groups -OCH3 is 1. The van der Waals surface area contributed by atoms with E-state index in [0.29, 0.717) is 36.5 Å². The molecule has 0 aliphatic heterocycles. The van der Waals surface area contributed by atoms with Gasteiger partial charge in [-0.15, -0.1) is 0 Å². The molecule has 0 aliphatic carbocycles. The molecule has 0 fully saturated rings. The molecule has 0 aliphatic rings. The number of carbonyl (C=O) groups is 3. The van der Waals surface area contributed by atoms with Crippen LogP contribution in [0.5, 0.6) is 0 Å². The fourth-order valence-electron chi connectivity index (χ4n) is 2.47. The van der Waals surface area contributed by atoms with Crippen molar-refractivity contribution in [3.05, 3.63) is 0 Å². The molecule has 2 amide bonds. The van der Waals surface area contributed by atoms with Crippen molar-refractivity contribution in [2.75, 3.05) is 48.9 Å². The number of hydrogen-bond donors (Lipinski definition) is 1. The molecular weight excluding hydrogens is 454 g/mol. The van der Waals surface area contributed by atoms with Crippen molar-refractivity contribution < 1.29 is 19.1 Å². The van der Waals surface area contributed by atoms with Gasteiger partial charge in [0, 0.05) is 47.0 Å². The van der Waals surface area contributed by atoms with Gasteiger partial charge in [0.25, 0.3) is 0 Å². The predicted molar refractivity (Wildman–Crippen MR) is 159 cm³/mol. The van der Waals surface area contributed by atoms with Crippen LogP contribution in [0.2, 0.25) is 0 Å². The molecule has 222 valence electrons. The molecule has 0 atom stereocenters. The molecule has 0 aromatic heterocycles. The van der Waals surface area contributed by atoms with E-state index >= 15 is 0 Å². The molecule has 0 aromatic carbocycles. The van der Waals surface area contributed by atoms with Gasteiger partial charge in [0.2, 0.25) is 11.8 Å². The first-order valence-corrected chi connectivity index (χ1v) is 12.2. The molecule has 0 spiro atoms. The van der Waals surface area contributed by atoms with Crippen molar-refractivity contribution in [3.63, 3.8) is 0 Å². The molecule has 1 N–H and O–H groups in total. The van der Waals surface area contributed by atoms with Crippen molar-refractivity contribution in [1.29, 1.82) is 0 Å². The molecule has 0 rings (SSSR count). The number of amides is 2. The van der Waals surface area contributed by atoms with Gasteiger partial charge in [-0.1, -0.05) is 84.1 Å². The quantitative estimate of drug-likeness (QED) is 0.411. The van der Waals surface area contributed by atoms with Gasteiger partial charge in [0.15, 0.2) is 0 Å². The molecular formula is C29H67N3O4. The van der Waals surface area contributed by atoms with Crippen LogP contribution in [-0.4, -0.2) is 76.5 Å². The van der Waals surface area contributed by atoms with Crippen molar-refractivity contribution in [2.24, 2.45) is 22.7 Å². The van der Waals surface area contributed by atoms with Crippen LogP contribution in [0.25, 0.3) is 0 Å². The maximum absolute atomic E-state index is 10.9. The zero-order chi connectivity index (χ0) is 28.3.